The van der Waals surface area contributed by atoms with Gasteiger partial charge in [0.15, 0.2) is 16.9 Å². The Morgan fingerprint density at radius 1 is 1.14 bits per heavy atom. The predicted molar refractivity (Wildman–Crippen MR) is 107 cm³/mol. The first kappa shape index (κ1) is 20.2. The molecule has 0 aromatic heterocycles. The van der Waals surface area contributed by atoms with Gasteiger partial charge >= 0.3 is 0 Å². The lowest BCUT2D eigenvalue weighted by Crippen LogP contribution is -2.26. The third-order valence-electron chi connectivity index (χ3n) is 5.03. The topological polar surface area (TPSA) is 97.7 Å². The second-order valence-electron chi connectivity index (χ2n) is 6.71. The van der Waals surface area contributed by atoms with Gasteiger partial charge in [0.1, 0.15) is 6.07 Å². The fourth-order valence-corrected chi connectivity index (χ4v) is 3.80. The number of fused-ring (bicyclic) bond motifs is 3. The highest BCUT2D eigenvalue weighted by molar-refractivity contribution is 5.83. The molecule has 150 valence electrons. The summed E-state index contributed by atoms with van der Waals surface area (Å²) in [7, 11) is 4.62. The third kappa shape index (κ3) is 3.61. The number of amides is 1. The molecule has 0 fully saturated rings. The van der Waals surface area contributed by atoms with Crippen molar-refractivity contribution in [1.82, 2.24) is 5.32 Å². The van der Waals surface area contributed by atoms with E-state index in [1.54, 1.807) is 19.2 Å². The maximum absolute atomic E-state index is 12.3. The van der Waals surface area contributed by atoms with Crippen LogP contribution in [0.1, 0.15) is 36.1 Å². The number of nitriles is 1. The van der Waals surface area contributed by atoms with Crippen LogP contribution >= 0.6 is 0 Å². The lowest BCUT2D eigenvalue weighted by Gasteiger charge is -2.19. The molecule has 3 rings (SSSR count). The van der Waals surface area contributed by atoms with Crippen LogP contribution in [0.25, 0.3) is 11.1 Å². The number of methoxy groups -OCH3 is 3. The predicted octanol–water partition coefficient (Wildman–Crippen LogP) is 2.73. The minimum atomic E-state index is -0.386. The van der Waals surface area contributed by atoms with E-state index < -0.39 is 0 Å². The molecule has 7 heteroatoms. The molecule has 29 heavy (non-hydrogen) atoms. The van der Waals surface area contributed by atoms with Crippen molar-refractivity contribution in [2.75, 3.05) is 21.3 Å². The van der Waals surface area contributed by atoms with E-state index in [1.807, 2.05) is 12.1 Å². The van der Waals surface area contributed by atoms with E-state index in [0.29, 0.717) is 41.2 Å². The first-order chi connectivity index (χ1) is 13.9. The monoisotopic (exact) mass is 394 g/mol. The molecule has 1 atom stereocenters. The van der Waals surface area contributed by atoms with Crippen molar-refractivity contribution in [1.29, 1.82) is 5.26 Å². The summed E-state index contributed by atoms with van der Waals surface area (Å²) in [6.07, 6.45) is 1.21. The van der Waals surface area contributed by atoms with Crippen LogP contribution in [0.5, 0.6) is 17.2 Å². The molecule has 0 saturated carbocycles. The molecule has 1 amide bonds. The van der Waals surface area contributed by atoms with Gasteiger partial charge in [-0.15, -0.1) is 0 Å². The van der Waals surface area contributed by atoms with Gasteiger partial charge in [0.25, 0.3) is 0 Å². The van der Waals surface area contributed by atoms with Gasteiger partial charge in [-0.25, -0.2) is 0 Å². The van der Waals surface area contributed by atoms with Gasteiger partial charge in [-0.05, 0) is 53.8 Å². The number of hydrogen-bond acceptors (Lipinski definition) is 6. The fraction of sp³-hybridized carbons (Fsp3) is 0.318. The van der Waals surface area contributed by atoms with E-state index >= 15 is 0 Å². The summed E-state index contributed by atoms with van der Waals surface area (Å²) in [4.78, 5) is 24.2. The second kappa shape index (κ2) is 8.23. The van der Waals surface area contributed by atoms with E-state index in [2.05, 4.69) is 5.32 Å². The number of aryl methyl sites for hydroxylation is 1. The van der Waals surface area contributed by atoms with Gasteiger partial charge in [-0.3, -0.25) is 9.59 Å². The Balaban J connectivity index is 2.44. The van der Waals surface area contributed by atoms with E-state index in [-0.39, 0.29) is 22.9 Å². The average Bonchev–Trinajstić information content (AvgIpc) is 2.95. The molecule has 2 aromatic rings. The Morgan fingerprint density at radius 2 is 1.86 bits per heavy atom. The molecule has 7 nitrogen and oxygen atoms in total. The molecule has 1 N–H and O–H groups in total. The fourth-order valence-electron chi connectivity index (χ4n) is 3.80. The van der Waals surface area contributed by atoms with Crippen LogP contribution in [0.15, 0.2) is 29.1 Å². The van der Waals surface area contributed by atoms with Gasteiger partial charge in [0.2, 0.25) is 11.7 Å². The Hall–Kier alpha value is -3.53. The number of nitrogens with zero attached hydrogens (tertiary/aromatic N) is 1. The highest BCUT2D eigenvalue weighted by atomic mass is 16.5. The summed E-state index contributed by atoms with van der Waals surface area (Å²) < 4.78 is 16.7. The van der Waals surface area contributed by atoms with Gasteiger partial charge in [0.05, 0.1) is 32.9 Å². The summed E-state index contributed by atoms with van der Waals surface area (Å²) in [5, 5.41) is 12.4. The molecule has 0 heterocycles. The maximum Gasteiger partial charge on any atom is 0.217 e. The number of nitrogens with one attached hydrogen (secondary N) is 1. The van der Waals surface area contributed by atoms with Gasteiger partial charge < -0.3 is 19.5 Å². The van der Waals surface area contributed by atoms with E-state index in [4.69, 9.17) is 14.2 Å². The lowest BCUT2D eigenvalue weighted by atomic mass is 9.95. The Labute approximate surface area is 168 Å². The van der Waals surface area contributed by atoms with E-state index in [0.717, 1.165) is 11.1 Å². The summed E-state index contributed by atoms with van der Waals surface area (Å²) in [6.45, 7) is 1.44. The maximum atomic E-state index is 12.3. The normalized spacial score (nSPS) is 14.5. The third-order valence-corrected chi connectivity index (χ3v) is 5.03. The van der Waals surface area contributed by atoms with Crippen LogP contribution in [-0.2, 0) is 11.2 Å². The molecule has 2 aromatic carbocycles. The van der Waals surface area contributed by atoms with Crippen LogP contribution < -0.4 is 25.0 Å². The van der Waals surface area contributed by atoms with Crippen LogP contribution in [0.3, 0.4) is 0 Å². The molecule has 0 saturated heterocycles. The van der Waals surface area contributed by atoms with Crippen LogP contribution in [-0.4, -0.2) is 27.2 Å². The first-order valence-corrected chi connectivity index (χ1v) is 9.12. The zero-order valence-corrected chi connectivity index (χ0v) is 16.8. The standard InChI is InChI=1S/C22H22N2O5/c1-12(25)24-17-7-5-13-10-19(27-2)21(28-3)22(29-4)20(13)15-6-8-18(26)14(11-23)9-16(15)17/h6,8-10,17H,5,7H2,1-4H3,(H,24,25). The summed E-state index contributed by atoms with van der Waals surface area (Å²) >= 11 is 0. The summed E-state index contributed by atoms with van der Waals surface area (Å²) in [5.74, 6) is 1.25. The molecule has 0 aliphatic heterocycles. The molecule has 1 aliphatic carbocycles. The molecular formula is C22H22N2O5. The Bertz CT molecular complexity index is 1070. The number of hydrogen-bond donors (Lipinski definition) is 1. The van der Waals surface area contributed by atoms with Crippen molar-refractivity contribution in [3.05, 3.63) is 51.2 Å². The SMILES string of the molecule is COc1cc2c(c(OC)c1OC)-c1ccc(=O)c(C#N)cc1C(NC(C)=O)CC2. The highest BCUT2D eigenvalue weighted by Crippen LogP contribution is 2.50. The highest BCUT2D eigenvalue weighted by Gasteiger charge is 2.29. The summed E-state index contributed by atoms with van der Waals surface area (Å²) in [6, 6.07) is 8.07. The van der Waals surface area contributed by atoms with Crippen LogP contribution in [0.2, 0.25) is 0 Å². The van der Waals surface area contributed by atoms with Gasteiger partial charge in [0, 0.05) is 12.5 Å². The molecule has 1 aliphatic rings. The first-order valence-electron chi connectivity index (χ1n) is 9.12. The van der Waals surface area contributed by atoms with Gasteiger partial charge in [-0.2, -0.15) is 5.26 Å². The van der Waals surface area contributed by atoms with Crippen LogP contribution in [0.4, 0.5) is 0 Å². The number of benzene rings is 1. The molecule has 0 bridgehead atoms. The second-order valence-corrected chi connectivity index (χ2v) is 6.71. The largest absolute Gasteiger partial charge is 0.493 e. The van der Waals surface area contributed by atoms with E-state index in [1.165, 1.54) is 27.2 Å². The average molecular weight is 394 g/mol. The Morgan fingerprint density at radius 3 is 2.45 bits per heavy atom. The zero-order valence-electron chi connectivity index (χ0n) is 16.8. The van der Waals surface area contributed by atoms with Crippen LogP contribution in [0, 0.1) is 11.3 Å². The minimum absolute atomic E-state index is 0.0181. The molecular weight excluding hydrogens is 372 g/mol. The summed E-state index contributed by atoms with van der Waals surface area (Å²) in [5.41, 5.74) is 2.71. The van der Waals surface area contributed by atoms with Crippen molar-refractivity contribution in [2.45, 2.75) is 25.8 Å². The molecule has 0 radical (unpaired) electrons. The zero-order chi connectivity index (χ0) is 21.1. The van der Waals surface area contributed by atoms with Crippen molar-refractivity contribution >= 4 is 5.91 Å². The lowest BCUT2D eigenvalue weighted by molar-refractivity contribution is -0.119. The molecule has 1 unspecified atom stereocenters. The van der Waals surface area contributed by atoms with Crippen molar-refractivity contribution in [3.8, 4) is 34.4 Å². The number of carbonyl (C=O) groups excluding carboxylic acids is 1. The number of ether oxygens (including phenoxy) is 3. The quantitative estimate of drug-likeness (QED) is 0.856. The smallest absolute Gasteiger partial charge is 0.217 e. The number of carbonyl (C=O) groups is 1. The Kier molecular flexibility index (Phi) is 5.74. The molecule has 0 spiro atoms. The van der Waals surface area contributed by atoms with Crippen molar-refractivity contribution in [3.63, 3.8) is 0 Å². The minimum Gasteiger partial charge on any atom is -0.493 e. The number of rotatable bonds is 4. The van der Waals surface area contributed by atoms with Gasteiger partial charge in [-0.1, -0.05) is 0 Å². The van der Waals surface area contributed by atoms with Crippen molar-refractivity contribution < 1.29 is 19.0 Å². The van der Waals surface area contributed by atoms with Crippen molar-refractivity contribution in [2.24, 2.45) is 0 Å². The van der Waals surface area contributed by atoms with E-state index in [9.17, 15) is 14.9 Å².